The lowest BCUT2D eigenvalue weighted by atomic mass is 10.1. The van der Waals surface area contributed by atoms with Crippen molar-refractivity contribution in [1.29, 1.82) is 0 Å². The van der Waals surface area contributed by atoms with Gasteiger partial charge < -0.3 is 57.9 Å². The molecule has 0 saturated carbocycles. The summed E-state index contributed by atoms with van der Waals surface area (Å²) in [7, 11) is 0. The standard InChI is InChI=1S/C33H42N8O11/c34-22(13-26(44)39-23-10-11-52-33(23)51)30(48)41-25(18-43)32(50)36-14-27(45)35-15-29(47)40-24(12-19-4-2-1-3-5-19)31(49)37-16-28(46)38-21-8-6-20(17-42)7-9-21/h1-9,22-25,42-43H,10-18,34H2,(H,35,45)(H,36,50)(H,37,49)(H,38,46)(H,39,44)(H,40,47)(H,41,48)/t22-,23-,24-,25-/m0/s1. The first-order valence-electron chi connectivity index (χ1n) is 16.2. The van der Waals surface area contributed by atoms with E-state index in [1.807, 2.05) is 0 Å². The molecule has 2 aromatic rings. The van der Waals surface area contributed by atoms with Gasteiger partial charge >= 0.3 is 5.97 Å². The van der Waals surface area contributed by atoms with Crippen LogP contribution in [0.1, 0.15) is 24.0 Å². The second kappa shape index (κ2) is 20.7. The summed E-state index contributed by atoms with van der Waals surface area (Å²) >= 11 is 0. The number of nitrogens with one attached hydrogen (secondary N) is 7. The number of benzene rings is 2. The van der Waals surface area contributed by atoms with E-state index < -0.39 is 104 Å². The highest BCUT2D eigenvalue weighted by Crippen LogP contribution is 2.10. The minimum absolute atomic E-state index is 0.0599. The molecule has 280 valence electrons. The first kappa shape index (κ1) is 40.5. The maximum atomic E-state index is 13.0. The summed E-state index contributed by atoms with van der Waals surface area (Å²) in [5, 5.41) is 35.4. The van der Waals surface area contributed by atoms with E-state index in [-0.39, 0.29) is 26.1 Å². The lowest BCUT2D eigenvalue weighted by Crippen LogP contribution is -2.55. The number of esters is 1. The van der Waals surface area contributed by atoms with Crippen molar-refractivity contribution in [1.82, 2.24) is 31.9 Å². The lowest BCUT2D eigenvalue weighted by Gasteiger charge is -2.20. The highest BCUT2D eigenvalue weighted by molar-refractivity contribution is 5.97. The molecule has 19 heteroatoms. The Morgan fingerprint density at radius 1 is 0.731 bits per heavy atom. The molecule has 1 aliphatic rings. The van der Waals surface area contributed by atoms with Gasteiger partial charge in [-0.25, -0.2) is 4.79 Å². The highest BCUT2D eigenvalue weighted by Gasteiger charge is 2.30. The molecule has 0 bridgehead atoms. The Balaban J connectivity index is 1.43. The fourth-order valence-electron chi connectivity index (χ4n) is 4.67. The van der Waals surface area contributed by atoms with Gasteiger partial charge in [0.1, 0.15) is 18.1 Å². The minimum Gasteiger partial charge on any atom is -0.464 e. The van der Waals surface area contributed by atoms with E-state index in [4.69, 9.17) is 15.6 Å². The molecule has 0 aromatic heterocycles. The van der Waals surface area contributed by atoms with Crippen molar-refractivity contribution in [3.63, 3.8) is 0 Å². The molecule has 1 saturated heterocycles. The van der Waals surface area contributed by atoms with Crippen LogP contribution in [0.15, 0.2) is 54.6 Å². The number of carbonyl (C=O) groups is 8. The molecule has 7 amide bonds. The van der Waals surface area contributed by atoms with Crippen molar-refractivity contribution in [3.8, 4) is 0 Å². The normalized spacial score (nSPS) is 15.1. The second-order valence-corrected chi connectivity index (χ2v) is 11.6. The van der Waals surface area contributed by atoms with Gasteiger partial charge in [-0.15, -0.1) is 0 Å². The lowest BCUT2D eigenvalue weighted by molar-refractivity contribution is -0.141. The van der Waals surface area contributed by atoms with Crippen LogP contribution in [0.4, 0.5) is 5.69 Å². The highest BCUT2D eigenvalue weighted by atomic mass is 16.5. The van der Waals surface area contributed by atoms with Crippen LogP contribution in [0.25, 0.3) is 0 Å². The predicted octanol–water partition coefficient (Wildman–Crippen LogP) is -4.18. The van der Waals surface area contributed by atoms with Gasteiger partial charge in [-0.2, -0.15) is 0 Å². The van der Waals surface area contributed by atoms with Gasteiger partial charge in [-0.1, -0.05) is 42.5 Å². The molecule has 0 spiro atoms. The largest absolute Gasteiger partial charge is 0.464 e. The van der Waals surface area contributed by atoms with Crippen molar-refractivity contribution in [3.05, 3.63) is 65.7 Å². The number of anilines is 1. The number of carbonyl (C=O) groups excluding carboxylic acids is 8. The number of hydrogen-bond donors (Lipinski definition) is 10. The van der Waals surface area contributed by atoms with E-state index in [9.17, 15) is 43.5 Å². The molecule has 2 aromatic carbocycles. The van der Waals surface area contributed by atoms with Crippen LogP contribution in [-0.4, -0.2) is 115 Å². The summed E-state index contributed by atoms with van der Waals surface area (Å²) < 4.78 is 4.74. The molecular weight excluding hydrogens is 684 g/mol. The number of amides is 7. The fraction of sp³-hybridized carbons (Fsp3) is 0.394. The molecular formula is C33H42N8O11. The van der Waals surface area contributed by atoms with E-state index in [2.05, 4.69) is 37.2 Å². The van der Waals surface area contributed by atoms with Crippen molar-refractivity contribution >= 4 is 53.0 Å². The number of nitrogens with two attached hydrogens (primary N) is 1. The summed E-state index contributed by atoms with van der Waals surface area (Å²) in [5.41, 5.74) is 7.54. The molecule has 11 N–H and O–H groups in total. The molecule has 4 atom stereocenters. The first-order valence-corrected chi connectivity index (χ1v) is 16.2. The second-order valence-electron chi connectivity index (χ2n) is 11.6. The van der Waals surface area contributed by atoms with Gasteiger partial charge in [0.15, 0.2) is 0 Å². The van der Waals surface area contributed by atoms with E-state index in [1.165, 1.54) is 0 Å². The maximum Gasteiger partial charge on any atom is 0.328 e. The molecule has 1 aliphatic heterocycles. The van der Waals surface area contributed by atoms with Crippen LogP contribution in [0, 0.1) is 0 Å². The van der Waals surface area contributed by atoms with Crippen molar-refractivity contribution < 1.29 is 53.3 Å². The van der Waals surface area contributed by atoms with Crippen LogP contribution >= 0.6 is 0 Å². The third kappa shape index (κ3) is 13.8. The van der Waals surface area contributed by atoms with Gasteiger partial charge in [0.2, 0.25) is 41.4 Å². The number of rotatable bonds is 19. The minimum atomic E-state index is -1.53. The Morgan fingerprint density at radius 2 is 1.37 bits per heavy atom. The zero-order valence-corrected chi connectivity index (χ0v) is 28.0. The summed E-state index contributed by atoms with van der Waals surface area (Å²) in [4.78, 5) is 99.0. The van der Waals surface area contributed by atoms with Crippen molar-refractivity contribution in [2.24, 2.45) is 5.73 Å². The van der Waals surface area contributed by atoms with Gasteiger partial charge in [-0.3, -0.25) is 33.6 Å². The van der Waals surface area contributed by atoms with Gasteiger partial charge in [0, 0.05) is 18.5 Å². The molecule has 0 aliphatic carbocycles. The van der Waals surface area contributed by atoms with Gasteiger partial charge in [-0.05, 0) is 23.3 Å². The van der Waals surface area contributed by atoms with Gasteiger partial charge in [0.05, 0.1) is 51.9 Å². The Labute approximate surface area is 297 Å². The topological polar surface area (TPSA) is 296 Å². The predicted molar refractivity (Wildman–Crippen MR) is 181 cm³/mol. The van der Waals surface area contributed by atoms with E-state index in [0.29, 0.717) is 16.8 Å². The monoisotopic (exact) mass is 726 g/mol. The third-order valence-corrected chi connectivity index (χ3v) is 7.48. The van der Waals surface area contributed by atoms with Crippen LogP contribution in [-0.2, 0) is 56.1 Å². The quantitative estimate of drug-likeness (QED) is 0.0617. The SMILES string of the molecule is N[C@@H](CC(=O)N[C@H]1CCOC1=O)C(=O)N[C@@H](CO)C(=O)NCC(=O)NCC(=O)N[C@@H](Cc1ccccc1)C(=O)NCC(=O)Nc1ccc(CO)cc1. The summed E-state index contributed by atoms with van der Waals surface area (Å²) in [5.74, 6) is -6.01. The molecule has 3 rings (SSSR count). The molecule has 19 nitrogen and oxygen atoms in total. The number of cyclic esters (lactones) is 1. The molecule has 0 radical (unpaired) electrons. The van der Waals surface area contributed by atoms with Crippen LogP contribution in [0.5, 0.6) is 0 Å². The summed E-state index contributed by atoms with van der Waals surface area (Å²) in [6.45, 7) is -2.54. The summed E-state index contributed by atoms with van der Waals surface area (Å²) in [6.07, 6.45) is -0.190. The molecule has 1 fully saturated rings. The number of hydrogen-bond acceptors (Lipinski definition) is 12. The first-order chi connectivity index (χ1) is 24.9. The maximum absolute atomic E-state index is 13.0. The van der Waals surface area contributed by atoms with Crippen molar-refractivity contribution in [2.45, 2.75) is 50.0 Å². The average molecular weight is 727 g/mol. The number of aliphatic hydroxyl groups is 2. The van der Waals surface area contributed by atoms with Crippen LogP contribution in [0.3, 0.4) is 0 Å². The van der Waals surface area contributed by atoms with Gasteiger partial charge in [0.25, 0.3) is 0 Å². The number of ether oxygens (including phenoxy) is 1. The summed E-state index contributed by atoms with van der Waals surface area (Å²) in [6, 6.07) is 10.2. The Morgan fingerprint density at radius 3 is 1.98 bits per heavy atom. The third-order valence-electron chi connectivity index (χ3n) is 7.48. The molecule has 52 heavy (non-hydrogen) atoms. The Bertz CT molecular complexity index is 1590. The Kier molecular flexibility index (Phi) is 16.1. The number of aliphatic hydroxyl groups excluding tert-OH is 2. The smallest absolute Gasteiger partial charge is 0.328 e. The zero-order valence-electron chi connectivity index (χ0n) is 28.0. The fourth-order valence-corrected chi connectivity index (χ4v) is 4.67. The zero-order chi connectivity index (χ0) is 38.0. The van der Waals surface area contributed by atoms with Crippen LogP contribution in [0.2, 0.25) is 0 Å². The van der Waals surface area contributed by atoms with E-state index in [1.54, 1.807) is 54.6 Å². The molecule has 1 heterocycles. The Hall–Kier alpha value is -5.92. The van der Waals surface area contributed by atoms with E-state index in [0.717, 1.165) is 0 Å². The van der Waals surface area contributed by atoms with E-state index >= 15 is 0 Å². The van der Waals surface area contributed by atoms with Crippen LogP contribution < -0.4 is 43.0 Å². The van der Waals surface area contributed by atoms with Crippen molar-refractivity contribution in [2.75, 3.05) is 38.2 Å². The molecule has 0 unspecified atom stereocenters. The average Bonchev–Trinajstić information content (AvgIpc) is 3.54.